The van der Waals surface area contributed by atoms with E-state index in [4.69, 9.17) is 0 Å². The first kappa shape index (κ1) is 46.2. The average molecular weight is 952 g/mol. The Morgan fingerprint density at radius 3 is 0.855 bits per heavy atom. The van der Waals surface area contributed by atoms with E-state index in [0.717, 1.165) is 36.9 Å². The van der Waals surface area contributed by atoms with Gasteiger partial charge in [-0.15, -0.1) is 35.3 Å². The highest BCUT2D eigenvalue weighted by Crippen LogP contribution is 2.41. The van der Waals surface area contributed by atoms with Crippen LogP contribution in [0.5, 0.6) is 0 Å². The van der Waals surface area contributed by atoms with Crippen molar-refractivity contribution in [3.8, 4) is 0 Å². The minimum Gasteiger partial charge on any atom is -0.380 e. The third-order valence-electron chi connectivity index (χ3n) is 13.4. The van der Waals surface area contributed by atoms with Gasteiger partial charge in [0.05, 0.1) is 0 Å². The van der Waals surface area contributed by atoms with Crippen LogP contribution in [0.4, 0.5) is 17.1 Å². The van der Waals surface area contributed by atoms with E-state index < -0.39 is 0 Å². The molecule has 10 aromatic carbocycles. The molecule has 6 heteroatoms. The van der Waals surface area contributed by atoms with Crippen molar-refractivity contribution in [1.29, 1.82) is 0 Å². The summed E-state index contributed by atoms with van der Waals surface area (Å²) >= 11 is 5.81. The Kier molecular flexibility index (Phi) is 14.6. The predicted octanol–water partition coefficient (Wildman–Crippen LogP) is 17.8. The van der Waals surface area contributed by atoms with E-state index in [-0.39, 0.29) is 0 Å². The number of fused-ring (bicyclic) bond motifs is 3. The highest BCUT2D eigenvalue weighted by Gasteiger charge is 2.20. The Bertz CT molecular complexity index is 3040. The molecule has 10 rings (SSSR count). The van der Waals surface area contributed by atoms with Gasteiger partial charge in [-0.25, -0.2) is 0 Å². The zero-order valence-electron chi connectivity index (χ0n) is 39.5. The van der Waals surface area contributed by atoms with Crippen molar-refractivity contribution < 1.29 is 0 Å². The second kappa shape index (κ2) is 21.8. The summed E-state index contributed by atoms with van der Waals surface area (Å²) in [5, 5.41) is 19.0. The van der Waals surface area contributed by atoms with Crippen LogP contribution >= 0.6 is 35.3 Å². The molecule has 0 saturated heterocycles. The Morgan fingerprint density at radius 1 is 0.290 bits per heavy atom. The molecular weight excluding hydrogens is 895 g/mol. The summed E-state index contributed by atoms with van der Waals surface area (Å²) in [6, 6.07) is 72.5. The lowest BCUT2D eigenvalue weighted by molar-refractivity contribution is 1.09. The molecule has 3 nitrogen and oxygen atoms in total. The molecule has 342 valence electrons. The Morgan fingerprint density at radius 2 is 0.551 bits per heavy atom. The van der Waals surface area contributed by atoms with Gasteiger partial charge in [0, 0.05) is 68.6 Å². The summed E-state index contributed by atoms with van der Waals surface area (Å²) < 4.78 is 0. The Balaban J connectivity index is 0.905. The van der Waals surface area contributed by atoms with Gasteiger partial charge in [0.1, 0.15) is 0 Å². The minimum atomic E-state index is 0.769. The Labute approximate surface area is 420 Å². The monoisotopic (exact) mass is 951 g/mol. The molecule has 3 N–H and O–H groups in total. The van der Waals surface area contributed by atoms with Crippen molar-refractivity contribution in [2.75, 3.05) is 16.0 Å². The number of hydrogen-bond acceptors (Lipinski definition) is 6. The number of nitrogens with one attached hydrogen (secondary N) is 3. The third-order valence-corrected chi connectivity index (χ3v) is 16.7. The molecule has 10 aromatic rings. The van der Waals surface area contributed by atoms with Crippen LogP contribution < -0.4 is 16.0 Å². The van der Waals surface area contributed by atoms with Gasteiger partial charge in [-0.05, 0) is 158 Å². The van der Waals surface area contributed by atoms with Crippen molar-refractivity contribution in [3.63, 3.8) is 0 Å². The molecule has 0 aromatic heterocycles. The lowest BCUT2D eigenvalue weighted by Gasteiger charge is -2.23. The molecule has 0 aliphatic heterocycles. The first-order valence-electron chi connectivity index (χ1n) is 23.8. The molecule has 0 unspecified atom stereocenters. The molecule has 0 amide bonds. The summed E-state index contributed by atoms with van der Waals surface area (Å²) in [4.78, 5) is 3.80. The molecule has 0 saturated carbocycles. The van der Waals surface area contributed by atoms with Gasteiger partial charge < -0.3 is 16.0 Å². The third kappa shape index (κ3) is 11.0. The summed E-state index contributed by atoms with van der Waals surface area (Å²) in [5.41, 5.74) is 15.9. The second-order valence-electron chi connectivity index (χ2n) is 17.8. The van der Waals surface area contributed by atoms with Gasteiger partial charge in [0.25, 0.3) is 0 Å². The fraction of sp³-hybridized carbons (Fsp3) is 0.143. The van der Waals surface area contributed by atoms with Crippen LogP contribution in [0.25, 0.3) is 32.3 Å². The first-order valence-corrected chi connectivity index (χ1v) is 26.8. The molecule has 0 bridgehead atoms. The zero-order valence-corrected chi connectivity index (χ0v) is 42.0. The Hall–Kier alpha value is -6.57. The summed E-state index contributed by atoms with van der Waals surface area (Å²) in [5.74, 6) is 2.65. The fourth-order valence-electron chi connectivity index (χ4n) is 9.34. The molecule has 0 fully saturated rings. The lowest BCUT2D eigenvalue weighted by Crippen LogP contribution is -2.07. The maximum atomic E-state index is 3.80. The SMILES string of the molecule is Cc1c(CSc2ccccc2NCc2ccc3ccccc3c2)c(C)c(CSc2ccccc2NCc2ccc3ccccc3c2)c(C)c1CSc1ccccc1NCc1ccc2ccccc2c1. The molecule has 0 aliphatic rings. The number of para-hydroxylation sites is 3. The highest BCUT2D eigenvalue weighted by molar-refractivity contribution is 7.99. The zero-order chi connectivity index (χ0) is 46.9. The number of anilines is 3. The molecule has 0 radical (unpaired) electrons. The van der Waals surface area contributed by atoms with Crippen molar-refractivity contribution in [2.45, 2.75) is 72.4 Å². The molecule has 0 spiro atoms. The highest BCUT2D eigenvalue weighted by atomic mass is 32.2. The molecule has 0 atom stereocenters. The first-order chi connectivity index (χ1) is 33.9. The molecule has 0 aliphatic carbocycles. The number of benzene rings is 10. The van der Waals surface area contributed by atoms with Crippen LogP contribution in [0.3, 0.4) is 0 Å². The lowest BCUT2D eigenvalue weighted by atomic mass is 9.90. The van der Waals surface area contributed by atoms with E-state index in [1.807, 2.05) is 35.3 Å². The van der Waals surface area contributed by atoms with Crippen LogP contribution in [0.2, 0.25) is 0 Å². The normalized spacial score (nSPS) is 11.3. The topological polar surface area (TPSA) is 36.1 Å². The van der Waals surface area contributed by atoms with E-state index in [1.54, 1.807) is 0 Å². The van der Waals surface area contributed by atoms with E-state index in [2.05, 4.69) is 237 Å². The van der Waals surface area contributed by atoms with Gasteiger partial charge in [-0.1, -0.05) is 146 Å². The van der Waals surface area contributed by atoms with E-state index in [0.29, 0.717) is 0 Å². The van der Waals surface area contributed by atoms with Gasteiger partial charge in [-0.3, -0.25) is 0 Å². The maximum Gasteiger partial charge on any atom is 0.0481 e. The second-order valence-corrected chi connectivity index (χ2v) is 20.8. The van der Waals surface area contributed by atoms with Crippen LogP contribution in [-0.4, -0.2) is 0 Å². The maximum absolute atomic E-state index is 3.80. The smallest absolute Gasteiger partial charge is 0.0481 e. The number of rotatable bonds is 18. The van der Waals surface area contributed by atoms with Gasteiger partial charge >= 0.3 is 0 Å². The van der Waals surface area contributed by atoms with Crippen LogP contribution in [0.1, 0.15) is 50.1 Å². The summed E-state index contributed by atoms with van der Waals surface area (Å²) in [6.07, 6.45) is 0. The van der Waals surface area contributed by atoms with Crippen molar-refractivity contribution in [3.05, 3.63) is 250 Å². The minimum absolute atomic E-state index is 0.769. The summed E-state index contributed by atoms with van der Waals surface area (Å²) in [7, 11) is 0. The van der Waals surface area contributed by atoms with E-state index in [9.17, 15) is 0 Å². The van der Waals surface area contributed by atoms with Crippen LogP contribution in [0.15, 0.2) is 215 Å². The summed E-state index contributed by atoms with van der Waals surface area (Å²) in [6.45, 7) is 9.40. The fourth-order valence-corrected chi connectivity index (χ4v) is 13.0. The number of hydrogen-bond donors (Lipinski definition) is 3. The van der Waals surface area contributed by atoms with Gasteiger partial charge in [0.15, 0.2) is 0 Å². The van der Waals surface area contributed by atoms with Crippen LogP contribution in [0, 0.1) is 20.8 Å². The van der Waals surface area contributed by atoms with Crippen LogP contribution in [-0.2, 0) is 36.9 Å². The van der Waals surface area contributed by atoms with Crippen molar-refractivity contribution >= 4 is 84.7 Å². The predicted molar refractivity (Wildman–Crippen MR) is 302 cm³/mol. The standard InChI is InChI=1S/C63H57N3S3/c1-43-55(40-67-61-25-13-10-22-58(61)64-37-46-28-31-49-16-4-7-19-52(49)34-46)44(2)57(42-69-63-27-15-12-24-60(63)66-39-48-30-33-51-18-6-9-21-54(51)36-48)45(3)56(43)41-68-62-26-14-11-23-59(62)65-38-47-29-32-50-17-5-8-20-53(50)35-47/h4-36,64-66H,37-42H2,1-3H3. The van der Waals surface area contributed by atoms with Gasteiger partial charge in [-0.2, -0.15) is 0 Å². The molecule has 0 heterocycles. The largest absolute Gasteiger partial charge is 0.380 e. The van der Waals surface area contributed by atoms with E-state index >= 15 is 0 Å². The quantitative estimate of drug-likeness (QED) is 0.0744. The average Bonchev–Trinajstić information content (AvgIpc) is 3.39. The van der Waals surface area contributed by atoms with Crippen molar-refractivity contribution in [1.82, 2.24) is 0 Å². The number of thioether (sulfide) groups is 3. The molecular formula is C63H57N3S3. The van der Waals surface area contributed by atoms with Gasteiger partial charge in [0.2, 0.25) is 0 Å². The van der Waals surface area contributed by atoms with E-state index in [1.165, 1.54) is 114 Å². The van der Waals surface area contributed by atoms with Crippen molar-refractivity contribution in [2.24, 2.45) is 0 Å². The molecule has 69 heavy (non-hydrogen) atoms.